The fraction of sp³-hybridized carbons (Fsp3) is 0.538. The normalized spacial score (nSPS) is 24.0. The van der Waals surface area contributed by atoms with Crippen LogP contribution >= 0.6 is 0 Å². The molecule has 3 aliphatic heterocycles. The molecule has 0 aliphatic carbocycles. The molecule has 0 N–H and O–H groups in total. The fourth-order valence-electron chi connectivity index (χ4n) is 5.53. The lowest BCUT2D eigenvalue weighted by molar-refractivity contribution is 0.0335. The van der Waals surface area contributed by atoms with E-state index in [2.05, 4.69) is 25.9 Å². The van der Waals surface area contributed by atoms with Gasteiger partial charge in [-0.05, 0) is 37.1 Å². The number of ether oxygens (including phenoxy) is 2. The molecule has 1 aromatic carbocycles. The molecule has 9 heteroatoms. The molecule has 0 saturated carbocycles. The molecular weight excluding hydrogens is 449 g/mol. The number of hydrogen-bond donors (Lipinski definition) is 0. The van der Waals surface area contributed by atoms with Crippen LogP contribution in [0.1, 0.15) is 18.5 Å². The average molecular weight is 482 g/mol. The summed E-state index contributed by atoms with van der Waals surface area (Å²) in [6, 6.07) is 11.1. The number of fused-ring (bicyclic) bond motifs is 2. The van der Waals surface area contributed by atoms with Crippen molar-refractivity contribution in [3.05, 3.63) is 47.9 Å². The van der Waals surface area contributed by atoms with E-state index in [1.165, 1.54) is 12.1 Å². The van der Waals surface area contributed by atoms with E-state index in [4.69, 9.17) is 19.0 Å². The third-order valence-electron chi connectivity index (χ3n) is 7.46. The minimum atomic E-state index is -0.262. The summed E-state index contributed by atoms with van der Waals surface area (Å²) in [5.41, 5.74) is 1.68. The van der Waals surface area contributed by atoms with Crippen molar-refractivity contribution in [3.63, 3.8) is 0 Å². The number of piperidine rings is 1. The third kappa shape index (κ3) is 5.12. The summed E-state index contributed by atoms with van der Waals surface area (Å²) in [5.74, 6) is 1.70. The topological polar surface area (TPSA) is 67.1 Å². The van der Waals surface area contributed by atoms with Gasteiger partial charge in [-0.25, -0.2) is 9.37 Å². The molecule has 3 aliphatic rings. The fourth-order valence-corrected chi connectivity index (χ4v) is 5.53. The summed E-state index contributed by atoms with van der Waals surface area (Å²) in [6.45, 7) is 8.74. The van der Waals surface area contributed by atoms with Gasteiger partial charge in [0.2, 0.25) is 5.88 Å². The molecule has 5 heterocycles. The molecule has 35 heavy (non-hydrogen) atoms. The first-order valence-electron chi connectivity index (χ1n) is 12.6. The number of anilines is 1. The zero-order chi connectivity index (χ0) is 23.6. The monoisotopic (exact) mass is 481 g/mol. The van der Waals surface area contributed by atoms with Crippen LogP contribution in [-0.2, 0) is 11.3 Å². The Morgan fingerprint density at radius 1 is 1.03 bits per heavy atom. The molecule has 0 spiro atoms. The van der Waals surface area contributed by atoms with Crippen LogP contribution < -0.4 is 9.64 Å². The van der Waals surface area contributed by atoms with Gasteiger partial charge in [-0.2, -0.15) is 0 Å². The van der Waals surface area contributed by atoms with Gasteiger partial charge in [0.25, 0.3) is 0 Å². The summed E-state index contributed by atoms with van der Waals surface area (Å²) in [7, 11) is 0. The van der Waals surface area contributed by atoms with Gasteiger partial charge in [0.05, 0.1) is 30.9 Å². The number of morpholine rings is 1. The molecule has 2 aromatic heterocycles. The highest BCUT2D eigenvalue weighted by Crippen LogP contribution is 2.31. The van der Waals surface area contributed by atoms with Crippen molar-refractivity contribution >= 4 is 16.8 Å². The average Bonchev–Trinajstić information content (AvgIpc) is 3.31. The Labute approximate surface area is 204 Å². The number of pyridine rings is 1. The summed E-state index contributed by atoms with van der Waals surface area (Å²) in [6.07, 6.45) is 2.23. The summed E-state index contributed by atoms with van der Waals surface area (Å²) < 4.78 is 30.8. The van der Waals surface area contributed by atoms with Gasteiger partial charge >= 0.3 is 0 Å². The minimum Gasteiger partial charge on any atom is -0.477 e. The molecule has 0 bridgehead atoms. The van der Waals surface area contributed by atoms with Crippen molar-refractivity contribution in [2.45, 2.75) is 25.4 Å². The van der Waals surface area contributed by atoms with Crippen LogP contribution in [0.3, 0.4) is 0 Å². The Bertz CT molecular complexity index is 1150. The van der Waals surface area contributed by atoms with Crippen LogP contribution in [0.2, 0.25) is 0 Å². The Balaban J connectivity index is 1.02. The minimum absolute atomic E-state index is 0.262. The Kier molecular flexibility index (Phi) is 6.54. The zero-order valence-electron chi connectivity index (χ0n) is 19.9. The zero-order valence-corrected chi connectivity index (χ0v) is 19.9. The van der Waals surface area contributed by atoms with Crippen molar-refractivity contribution < 1.29 is 18.4 Å². The predicted octanol–water partition coefficient (Wildman–Crippen LogP) is 3.17. The SMILES string of the molecule is Fc1ccc2onc(N3CCN4C[C@H](COc5cccc(CN6CCOCC6)n5)CC[C@H]4C3)c2c1. The highest BCUT2D eigenvalue weighted by atomic mass is 19.1. The second-order valence-electron chi connectivity index (χ2n) is 9.85. The van der Waals surface area contributed by atoms with Crippen molar-refractivity contribution in [3.8, 4) is 5.88 Å². The summed E-state index contributed by atoms with van der Waals surface area (Å²) in [4.78, 5) is 11.9. The molecule has 3 aromatic rings. The molecule has 6 rings (SSSR count). The molecular formula is C26H32FN5O3. The largest absolute Gasteiger partial charge is 0.477 e. The van der Waals surface area contributed by atoms with Crippen molar-refractivity contribution in [1.82, 2.24) is 19.9 Å². The molecule has 2 atom stereocenters. The molecule has 3 fully saturated rings. The van der Waals surface area contributed by atoms with Gasteiger partial charge in [-0.15, -0.1) is 0 Å². The van der Waals surface area contributed by atoms with E-state index in [9.17, 15) is 4.39 Å². The molecule has 8 nitrogen and oxygen atoms in total. The molecule has 0 radical (unpaired) electrons. The van der Waals surface area contributed by atoms with Gasteiger partial charge in [-0.1, -0.05) is 11.2 Å². The molecule has 186 valence electrons. The number of halogens is 1. The van der Waals surface area contributed by atoms with Gasteiger partial charge in [0.1, 0.15) is 5.82 Å². The van der Waals surface area contributed by atoms with Crippen LogP contribution in [0.4, 0.5) is 10.2 Å². The smallest absolute Gasteiger partial charge is 0.213 e. The van der Waals surface area contributed by atoms with Crippen molar-refractivity contribution in [2.75, 3.05) is 64.0 Å². The number of benzene rings is 1. The number of nitrogens with zero attached hydrogens (tertiary/aromatic N) is 5. The lowest BCUT2D eigenvalue weighted by Crippen LogP contribution is -2.57. The van der Waals surface area contributed by atoms with Crippen LogP contribution in [-0.4, -0.2) is 85.1 Å². The number of aromatic nitrogens is 2. The van der Waals surface area contributed by atoms with E-state index in [1.54, 1.807) is 6.07 Å². The lowest BCUT2D eigenvalue weighted by atomic mass is 9.91. The standard InChI is InChI=1S/C26H32FN5O3/c27-20-5-7-24-23(14-20)26(29-35-24)32-9-8-31-15-19(4-6-22(31)17-32)18-34-25-3-1-2-21(28-25)16-30-10-12-33-13-11-30/h1-3,5,7,14,19,22H,4,6,8-13,15-18H2/t19-,22+/m1/s1. The first kappa shape index (κ1) is 22.7. The summed E-state index contributed by atoms with van der Waals surface area (Å²) >= 11 is 0. The van der Waals surface area contributed by atoms with Crippen LogP contribution in [0, 0.1) is 11.7 Å². The van der Waals surface area contributed by atoms with Crippen molar-refractivity contribution in [2.24, 2.45) is 5.92 Å². The predicted molar refractivity (Wildman–Crippen MR) is 130 cm³/mol. The Hall–Kier alpha value is -2.75. The molecule has 3 saturated heterocycles. The van der Waals surface area contributed by atoms with E-state index in [0.29, 0.717) is 30.0 Å². The number of piperazine rings is 1. The number of hydrogen-bond acceptors (Lipinski definition) is 8. The van der Waals surface area contributed by atoms with Crippen LogP contribution in [0.5, 0.6) is 5.88 Å². The van der Waals surface area contributed by atoms with Crippen LogP contribution in [0.15, 0.2) is 40.9 Å². The second-order valence-corrected chi connectivity index (χ2v) is 9.85. The quantitative estimate of drug-likeness (QED) is 0.532. The van der Waals surface area contributed by atoms with Crippen LogP contribution in [0.25, 0.3) is 11.0 Å². The van der Waals surface area contributed by atoms with E-state index in [0.717, 1.165) is 88.8 Å². The van der Waals surface area contributed by atoms with Gasteiger partial charge in [0.15, 0.2) is 11.4 Å². The Morgan fingerprint density at radius 2 is 1.94 bits per heavy atom. The van der Waals surface area contributed by atoms with Gasteiger partial charge in [0, 0.05) is 63.8 Å². The van der Waals surface area contributed by atoms with E-state index in [-0.39, 0.29) is 5.82 Å². The molecule has 0 amide bonds. The van der Waals surface area contributed by atoms with E-state index >= 15 is 0 Å². The van der Waals surface area contributed by atoms with E-state index < -0.39 is 0 Å². The van der Waals surface area contributed by atoms with Gasteiger partial charge in [-0.3, -0.25) is 9.80 Å². The Morgan fingerprint density at radius 3 is 2.86 bits per heavy atom. The first-order chi connectivity index (χ1) is 17.2. The van der Waals surface area contributed by atoms with Crippen molar-refractivity contribution in [1.29, 1.82) is 0 Å². The maximum absolute atomic E-state index is 13.8. The molecule has 0 unspecified atom stereocenters. The summed E-state index contributed by atoms with van der Waals surface area (Å²) in [5, 5.41) is 5.00. The third-order valence-corrected chi connectivity index (χ3v) is 7.46. The maximum Gasteiger partial charge on any atom is 0.213 e. The van der Waals surface area contributed by atoms with E-state index in [1.807, 2.05) is 12.1 Å². The highest BCUT2D eigenvalue weighted by Gasteiger charge is 2.34. The maximum atomic E-state index is 13.8. The lowest BCUT2D eigenvalue weighted by Gasteiger charge is -2.46. The highest BCUT2D eigenvalue weighted by molar-refractivity contribution is 5.88. The number of rotatable bonds is 6. The first-order valence-corrected chi connectivity index (χ1v) is 12.6. The van der Waals surface area contributed by atoms with Gasteiger partial charge < -0.3 is 18.9 Å². The second kappa shape index (κ2) is 10.1.